The lowest BCUT2D eigenvalue weighted by atomic mass is 10.0. The van der Waals surface area contributed by atoms with Crippen molar-refractivity contribution in [2.45, 2.75) is 39.8 Å². The van der Waals surface area contributed by atoms with E-state index in [1.807, 2.05) is 0 Å². The molecule has 2 aromatic carbocycles. The van der Waals surface area contributed by atoms with Gasteiger partial charge < -0.3 is 0 Å². The van der Waals surface area contributed by atoms with Gasteiger partial charge in [-0.3, -0.25) is 0 Å². The molecule has 0 bridgehead atoms. The zero-order chi connectivity index (χ0) is 15.3. The summed E-state index contributed by atoms with van der Waals surface area (Å²) in [6, 6.07) is 16.6. The molecule has 21 heavy (non-hydrogen) atoms. The van der Waals surface area contributed by atoms with Crippen molar-refractivity contribution in [3.63, 3.8) is 0 Å². The van der Waals surface area contributed by atoms with Crippen LogP contribution < -0.4 is 5.19 Å². The molecule has 0 heterocycles. The molecule has 0 nitrogen and oxygen atoms in total. The van der Waals surface area contributed by atoms with E-state index in [1.165, 1.54) is 27.4 Å². The van der Waals surface area contributed by atoms with Crippen molar-refractivity contribution in [3.05, 3.63) is 53.6 Å². The second-order valence-electron chi connectivity index (χ2n) is 7.60. The molecule has 0 spiro atoms. The lowest BCUT2D eigenvalue weighted by Gasteiger charge is -2.30. The molecule has 3 rings (SSSR count). The van der Waals surface area contributed by atoms with E-state index >= 15 is 0 Å². The van der Waals surface area contributed by atoms with Crippen LogP contribution in [0.1, 0.15) is 31.9 Å². The SMILES string of the molecule is CC(C)(C)C[Si](C)(Cl)c1cccc2c1Cc1ccccc1-2. The predicted molar refractivity (Wildman–Crippen MR) is 96.1 cm³/mol. The Kier molecular flexibility index (Phi) is 3.54. The average Bonchev–Trinajstić information content (AvgIpc) is 2.74. The minimum absolute atomic E-state index is 0.275. The number of fused-ring (bicyclic) bond motifs is 3. The molecule has 2 aromatic rings. The minimum Gasteiger partial charge on any atom is -0.161 e. The summed E-state index contributed by atoms with van der Waals surface area (Å²) >= 11 is 7.11. The molecule has 0 radical (unpaired) electrons. The molecule has 2 heteroatoms. The van der Waals surface area contributed by atoms with Gasteiger partial charge in [0.1, 0.15) is 0 Å². The Morgan fingerprint density at radius 3 is 2.38 bits per heavy atom. The van der Waals surface area contributed by atoms with Crippen molar-refractivity contribution < 1.29 is 0 Å². The number of hydrogen-bond acceptors (Lipinski definition) is 0. The van der Waals surface area contributed by atoms with Gasteiger partial charge in [0.25, 0.3) is 0 Å². The molecular weight excluding hydrogens is 292 g/mol. The molecule has 0 amide bonds. The van der Waals surface area contributed by atoms with Gasteiger partial charge in [-0.25, -0.2) is 0 Å². The topological polar surface area (TPSA) is 0 Å². The van der Waals surface area contributed by atoms with E-state index in [0.717, 1.165) is 12.5 Å². The number of benzene rings is 2. The molecule has 0 fully saturated rings. The largest absolute Gasteiger partial charge is 0.184 e. The van der Waals surface area contributed by atoms with Crippen LogP contribution in [-0.2, 0) is 6.42 Å². The van der Waals surface area contributed by atoms with Crippen LogP contribution in [0.2, 0.25) is 12.6 Å². The fourth-order valence-corrected chi connectivity index (χ4v) is 8.95. The lowest BCUT2D eigenvalue weighted by molar-refractivity contribution is 0.464. The Balaban J connectivity index is 2.08. The van der Waals surface area contributed by atoms with Crippen LogP contribution in [0.5, 0.6) is 0 Å². The van der Waals surface area contributed by atoms with Crippen LogP contribution in [-0.4, -0.2) is 7.38 Å². The normalized spacial score (nSPS) is 16.2. The van der Waals surface area contributed by atoms with E-state index in [1.54, 1.807) is 0 Å². The molecule has 0 aromatic heterocycles. The van der Waals surface area contributed by atoms with Crippen LogP contribution in [0.3, 0.4) is 0 Å². The van der Waals surface area contributed by atoms with Gasteiger partial charge in [0.05, 0.1) is 0 Å². The molecule has 1 unspecified atom stereocenters. The first-order valence-electron chi connectivity index (χ1n) is 7.67. The summed E-state index contributed by atoms with van der Waals surface area (Å²) in [4.78, 5) is 0. The Bertz CT molecular complexity index is 680. The first-order valence-corrected chi connectivity index (χ1v) is 11.4. The van der Waals surface area contributed by atoms with Gasteiger partial charge in [0.15, 0.2) is 7.38 Å². The van der Waals surface area contributed by atoms with E-state index in [9.17, 15) is 0 Å². The third kappa shape index (κ3) is 2.82. The summed E-state index contributed by atoms with van der Waals surface area (Å²) in [5.41, 5.74) is 5.99. The minimum atomic E-state index is -1.94. The van der Waals surface area contributed by atoms with Gasteiger partial charge in [-0.05, 0) is 45.3 Å². The molecule has 1 atom stereocenters. The van der Waals surface area contributed by atoms with Crippen molar-refractivity contribution in [2.75, 3.05) is 0 Å². The fourth-order valence-electron chi connectivity index (χ4n) is 3.74. The highest BCUT2D eigenvalue weighted by atomic mass is 35.6. The third-order valence-electron chi connectivity index (χ3n) is 4.27. The summed E-state index contributed by atoms with van der Waals surface area (Å²) < 4.78 is 0. The van der Waals surface area contributed by atoms with E-state index < -0.39 is 7.38 Å². The number of hydrogen-bond donors (Lipinski definition) is 0. The fraction of sp³-hybridized carbons (Fsp3) is 0.368. The van der Waals surface area contributed by atoms with Crippen LogP contribution in [0.4, 0.5) is 0 Å². The zero-order valence-corrected chi connectivity index (χ0v) is 15.1. The van der Waals surface area contributed by atoms with E-state index in [2.05, 4.69) is 69.8 Å². The van der Waals surface area contributed by atoms with Gasteiger partial charge >= 0.3 is 0 Å². The molecule has 1 aliphatic carbocycles. The maximum Gasteiger partial charge on any atom is 0.184 e. The Morgan fingerprint density at radius 2 is 1.67 bits per heavy atom. The van der Waals surface area contributed by atoms with Crippen LogP contribution in [0, 0.1) is 5.41 Å². The van der Waals surface area contributed by atoms with E-state index in [4.69, 9.17) is 11.1 Å². The van der Waals surface area contributed by atoms with Crippen molar-refractivity contribution in [2.24, 2.45) is 5.41 Å². The summed E-state index contributed by atoms with van der Waals surface area (Å²) in [5, 5.41) is 1.44. The average molecular weight is 315 g/mol. The lowest BCUT2D eigenvalue weighted by Crippen LogP contribution is -2.44. The van der Waals surface area contributed by atoms with Crippen molar-refractivity contribution in [3.8, 4) is 11.1 Å². The summed E-state index contributed by atoms with van der Waals surface area (Å²) in [7, 11) is -1.94. The number of rotatable bonds is 2. The highest BCUT2D eigenvalue weighted by Crippen LogP contribution is 2.38. The Morgan fingerprint density at radius 1 is 1.00 bits per heavy atom. The highest BCUT2D eigenvalue weighted by molar-refractivity contribution is 7.27. The molecule has 0 N–H and O–H groups in total. The first-order chi connectivity index (χ1) is 9.78. The molecule has 0 saturated heterocycles. The Labute approximate surface area is 133 Å². The van der Waals surface area contributed by atoms with E-state index in [-0.39, 0.29) is 5.41 Å². The molecule has 1 aliphatic rings. The van der Waals surface area contributed by atoms with Gasteiger partial charge in [-0.15, -0.1) is 0 Å². The van der Waals surface area contributed by atoms with Gasteiger partial charge in [0.2, 0.25) is 0 Å². The summed E-state index contributed by atoms with van der Waals surface area (Å²) in [6.45, 7) is 9.17. The highest BCUT2D eigenvalue weighted by Gasteiger charge is 2.36. The predicted octanol–water partition coefficient (Wildman–Crippen LogP) is 5.33. The smallest absolute Gasteiger partial charge is 0.161 e. The number of halogens is 1. The standard InChI is InChI=1S/C19H23ClSi/c1-19(2,3)13-21(4,20)18-11-7-10-16-15-9-6-5-8-14(15)12-17(16)18/h5-11H,12-13H2,1-4H3. The summed E-state index contributed by atoms with van der Waals surface area (Å²) in [5.74, 6) is 0. The molecule has 0 saturated carbocycles. The van der Waals surface area contributed by atoms with Crippen molar-refractivity contribution >= 4 is 23.6 Å². The monoisotopic (exact) mass is 314 g/mol. The zero-order valence-electron chi connectivity index (χ0n) is 13.3. The second-order valence-corrected chi connectivity index (χ2v) is 13.4. The van der Waals surface area contributed by atoms with Gasteiger partial charge in [-0.2, -0.15) is 11.1 Å². The van der Waals surface area contributed by atoms with Gasteiger partial charge in [0, 0.05) is 0 Å². The molecular formula is C19H23ClSi. The van der Waals surface area contributed by atoms with Crippen molar-refractivity contribution in [1.82, 2.24) is 0 Å². The maximum atomic E-state index is 7.11. The molecule has 0 aliphatic heterocycles. The van der Waals surface area contributed by atoms with Gasteiger partial charge in [-0.1, -0.05) is 69.8 Å². The molecule has 110 valence electrons. The third-order valence-corrected chi connectivity index (χ3v) is 8.60. The maximum absolute atomic E-state index is 7.11. The van der Waals surface area contributed by atoms with Crippen LogP contribution in [0.15, 0.2) is 42.5 Å². The van der Waals surface area contributed by atoms with Crippen molar-refractivity contribution in [1.29, 1.82) is 0 Å². The first kappa shape index (κ1) is 14.9. The Hall–Kier alpha value is -1.05. The van der Waals surface area contributed by atoms with E-state index in [0.29, 0.717) is 0 Å². The second kappa shape index (κ2) is 5.00. The van der Waals surface area contributed by atoms with Crippen LogP contribution in [0.25, 0.3) is 11.1 Å². The van der Waals surface area contributed by atoms with Crippen LogP contribution >= 0.6 is 11.1 Å². The quantitative estimate of drug-likeness (QED) is 0.443. The summed E-state index contributed by atoms with van der Waals surface area (Å²) in [6.07, 6.45) is 1.04.